The Morgan fingerprint density at radius 3 is 2.60 bits per heavy atom. The maximum atomic E-state index is 15.5. The summed E-state index contributed by atoms with van der Waals surface area (Å²) in [6, 6.07) is 12.9. The molecule has 0 amide bonds. The van der Waals surface area contributed by atoms with E-state index < -0.39 is 23.4 Å². The van der Waals surface area contributed by atoms with E-state index in [1.165, 1.54) is 25.4 Å². The van der Waals surface area contributed by atoms with Crippen LogP contribution in [-0.4, -0.2) is 45.3 Å². The molecule has 220 valence electrons. The second-order valence-corrected chi connectivity index (χ2v) is 10.4. The smallest absolute Gasteiger partial charge is 0.337 e. The first-order valence-corrected chi connectivity index (χ1v) is 13.7. The van der Waals surface area contributed by atoms with Crippen molar-refractivity contribution in [3.8, 4) is 17.1 Å². The number of rotatable bonds is 9. The number of imidazole rings is 1. The zero-order valence-corrected chi connectivity index (χ0v) is 23.6. The highest BCUT2D eigenvalue weighted by Crippen LogP contribution is 2.29. The molecule has 12 heteroatoms. The number of aromatic nitrogens is 4. The standard InChI is InChI=1S/C31H24ClF3N4O4/c1-41-31(40)17-5-6-26-27(10-17)39(15-20-7-8-42-20)29(37-26)11-18-9-24(35)21(12-22(18)33)25-3-2-4-30(38-25)43-16-19-14-36-28(32)13-23(19)34/h2-6,9-10,12-14,20H,7-8,11,15-16H2,1H3/t20-/m0/s1. The van der Waals surface area contributed by atoms with Gasteiger partial charge in [0.25, 0.3) is 0 Å². The number of ether oxygens (including phenoxy) is 3. The number of benzene rings is 2. The normalized spacial score (nSPS) is 14.5. The summed E-state index contributed by atoms with van der Waals surface area (Å²) in [6.07, 6.45) is 2.06. The predicted octanol–water partition coefficient (Wildman–Crippen LogP) is 6.31. The van der Waals surface area contributed by atoms with Gasteiger partial charge >= 0.3 is 5.97 Å². The topological polar surface area (TPSA) is 88.4 Å². The van der Waals surface area contributed by atoms with E-state index in [-0.39, 0.29) is 52.5 Å². The zero-order valence-electron chi connectivity index (χ0n) is 22.8. The van der Waals surface area contributed by atoms with Crippen molar-refractivity contribution in [2.75, 3.05) is 13.7 Å². The van der Waals surface area contributed by atoms with Crippen LogP contribution in [0.4, 0.5) is 13.2 Å². The molecule has 0 N–H and O–H groups in total. The Hall–Kier alpha value is -4.48. The molecule has 43 heavy (non-hydrogen) atoms. The number of methoxy groups -OCH3 is 1. The number of halogens is 4. The summed E-state index contributed by atoms with van der Waals surface area (Å²) in [4.78, 5) is 24.9. The van der Waals surface area contributed by atoms with Gasteiger partial charge in [-0.3, -0.25) is 0 Å². The molecule has 8 nitrogen and oxygen atoms in total. The molecule has 3 aromatic heterocycles. The van der Waals surface area contributed by atoms with Crippen LogP contribution in [0.1, 0.15) is 33.7 Å². The van der Waals surface area contributed by atoms with E-state index in [0.29, 0.717) is 35.6 Å². The minimum absolute atomic E-state index is 0.00470. The van der Waals surface area contributed by atoms with Crippen LogP contribution < -0.4 is 4.74 Å². The summed E-state index contributed by atoms with van der Waals surface area (Å²) >= 11 is 5.69. The predicted molar refractivity (Wildman–Crippen MR) is 151 cm³/mol. The lowest BCUT2D eigenvalue weighted by Crippen LogP contribution is -2.31. The molecule has 1 aliphatic rings. The zero-order chi connectivity index (χ0) is 30.1. The van der Waals surface area contributed by atoms with Crippen LogP contribution in [0.2, 0.25) is 5.15 Å². The molecular formula is C31H24ClF3N4O4. The number of carbonyl (C=O) groups is 1. The maximum absolute atomic E-state index is 15.5. The van der Waals surface area contributed by atoms with Gasteiger partial charge in [0.1, 0.15) is 35.0 Å². The van der Waals surface area contributed by atoms with E-state index in [0.717, 1.165) is 24.6 Å². The fourth-order valence-corrected chi connectivity index (χ4v) is 4.96. The number of hydrogen-bond donors (Lipinski definition) is 0. The summed E-state index contributed by atoms with van der Waals surface area (Å²) in [5.41, 5.74) is 1.96. The lowest BCUT2D eigenvalue weighted by Gasteiger charge is -2.27. The molecule has 0 unspecified atom stereocenters. The molecule has 1 saturated heterocycles. The maximum Gasteiger partial charge on any atom is 0.337 e. The summed E-state index contributed by atoms with van der Waals surface area (Å²) in [6.45, 7) is 0.915. The number of hydrogen-bond acceptors (Lipinski definition) is 7. The van der Waals surface area contributed by atoms with Gasteiger partial charge in [-0.2, -0.15) is 0 Å². The molecular weight excluding hydrogens is 585 g/mol. The number of carbonyl (C=O) groups excluding carboxylic acids is 1. The largest absolute Gasteiger partial charge is 0.473 e. The Morgan fingerprint density at radius 1 is 1.05 bits per heavy atom. The number of esters is 1. The van der Waals surface area contributed by atoms with Gasteiger partial charge in [-0.1, -0.05) is 17.7 Å². The second-order valence-electron chi connectivity index (χ2n) is 9.96. The molecule has 0 spiro atoms. The minimum Gasteiger partial charge on any atom is -0.473 e. The van der Waals surface area contributed by atoms with E-state index in [4.69, 9.17) is 25.8 Å². The van der Waals surface area contributed by atoms with Crippen LogP contribution in [0.5, 0.6) is 5.88 Å². The van der Waals surface area contributed by atoms with Gasteiger partial charge < -0.3 is 18.8 Å². The fraction of sp³-hybridized carbons (Fsp3) is 0.226. The first-order valence-electron chi connectivity index (χ1n) is 13.4. The van der Waals surface area contributed by atoms with E-state index >= 15 is 8.78 Å². The van der Waals surface area contributed by atoms with Crippen molar-refractivity contribution in [2.24, 2.45) is 0 Å². The highest BCUT2D eigenvalue weighted by atomic mass is 35.5. The number of pyridine rings is 2. The van der Waals surface area contributed by atoms with E-state index in [1.54, 1.807) is 24.3 Å². The van der Waals surface area contributed by atoms with Crippen molar-refractivity contribution in [1.29, 1.82) is 0 Å². The molecule has 1 atom stereocenters. The molecule has 0 saturated carbocycles. The molecule has 0 bridgehead atoms. The molecule has 6 rings (SSSR count). The Kier molecular flexibility index (Phi) is 8.00. The van der Waals surface area contributed by atoms with Crippen molar-refractivity contribution in [1.82, 2.24) is 19.5 Å². The summed E-state index contributed by atoms with van der Waals surface area (Å²) in [7, 11) is 1.30. The lowest BCUT2D eigenvalue weighted by molar-refractivity contribution is -0.0589. The van der Waals surface area contributed by atoms with Crippen LogP contribution in [-0.2, 0) is 29.0 Å². The van der Waals surface area contributed by atoms with Crippen LogP contribution in [0.15, 0.2) is 60.8 Å². The van der Waals surface area contributed by atoms with Crippen LogP contribution in [0.25, 0.3) is 22.3 Å². The van der Waals surface area contributed by atoms with Gasteiger partial charge in [0.15, 0.2) is 0 Å². The van der Waals surface area contributed by atoms with Crippen LogP contribution in [0.3, 0.4) is 0 Å². The highest BCUT2D eigenvalue weighted by Gasteiger charge is 2.24. The summed E-state index contributed by atoms with van der Waals surface area (Å²) in [5.74, 6) is -1.82. The summed E-state index contributed by atoms with van der Waals surface area (Å²) < 4.78 is 62.9. The SMILES string of the molecule is COC(=O)c1ccc2nc(Cc3cc(F)c(-c4cccc(OCc5cnc(Cl)cc5F)n4)cc3F)n(C[C@@H]3CCO3)c2c1. The Morgan fingerprint density at radius 2 is 1.86 bits per heavy atom. The molecule has 4 heterocycles. The van der Waals surface area contributed by atoms with Gasteiger partial charge in [0.2, 0.25) is 5.88 Å². The van der Waals surface area contributed by atoms with Crippen molar-refractivity contribution in [3.05, 3.63) is 106 Å². The number of nitrogens with zero attached hydrogens (tertiary/aromatic N) is 4. The third-order valence-electron chi connectivity index (χ3n) is 7.18. The van der Waals surface area contributed by atoms with Crippen molar-refractivity contribution < 1.29 is 32.2 Å². The molecule has 0 aliphatic carbocycles. The van der Waals surface area contributed by atoms with Gasteiger partial charge in [-0.15, -0.1) is 0 Å². The second kappa shape index (κ2) is 12.0. The van der Waals surface area contributed by atoms with Crippen molar-refractivity contribution >= 4 is 28.6 Å². The molecule has 1 fully saturated rings. The summed E-state index contributed by atoms with van der Waals surface area (Å²) in [5, 5.41) is 0.0136. The lowest BCUT2D eigenvalue weighted by atomic mass is 10.0. The van der Waals surface area contributed by atoms with E-state index in [2.05, 4.69) is 15.0 Å². The van der Waals surface area contributed by atoms with E-state index in [1.807, 2.05) is 4.57 Å². The minimum atomic E-state index is -0.688. The molecule has 2 aromatic carbocycles. The van der Waals surface area contributed by atoms with Gasteiger partial charge in [0, 0.05) is 42.5 Å². The third kappa shape index (κ3) is 6.04. The Labute approximate surface area is 249 Å². The van der Waals surface area contributed by atoms with Gasteiger partial charge in [-0.05, 0) is 48.4 Å². The average Bonchev–Trinajstić information content (AvgIpc) is 3.31. The molecule has 5 aromatic rings. The highest BCUT2D eigenvalue weighted by molar-refractivity contribution is 6.29. The third-order valence-corrected chi connectivity index (χ3v) is 7.39. The average molecular weight is 609 g/mol. The Bertz CT molecular complexity index is 1840. The van der Waals surface area contributed by atoms with Crippen LogP contribution >= 0.6 is 11.6 Å². The fourth-order valence-electron chi connectivity index (χ4n) is 4.82. The molecule has 1 aliphatic heterocycles. The molecule has 0 radical (unpaired) electrons. The van der Waals surface area contributed by atoms with Gasteiger partial charge in [-0.25, -0.2) is 32.9 Å². The van der Waals surface area contributed by atoms with Gasteiger partial charge in [0.05, 0.1) is 42.0 Å². The number of fused-ring (bicyclic) bond motifs is 1. The quantitative estimate of drug-likeness (QED) is 0.143. The van der Waals surface area contributed by atoms with E-state index in [9.17, 15) is 9.18 Å². The first-order chi connectivity index (χ1) is 20.8. The monoisotopic (exact) mass is 608 g/mol. The van der Waals surface area contributed by atoms with Crippen molar-refractivity contribution in [2.45, 2.75) is 32.1 Å². The Balaban J connectivity index is 1.27. The van der Waals surface area contributed by atoms with Crippen molar-refractivity contribution in [3.63, 3.8) is 0 Å². The van der Waals surface area contributed by atoms with Crippen LogP contribution in [0, 0.1) is 17.5 Å². The first kappa shape index (κ1) is 28.6.